The summed E-state index contributed by atoms with van der Waals surface area (Å²) in [4.78, 5) is 29.1. The monoisotopic (exact) mass is 464 g/mol. The van der Waals surface area contributed by atoms with E-state index in [1.54, 1.807) is 7.11 Å². The zero-order valence-corrected chi connectivity index (χ0v) is 19.3. The number of likely N-dealkylation sites (tertiary alicyclic amines) is 1. The summed E-state index contributed by atoms with van der Waals surface area (Å²) >= 11 is 7.56. The lowest BCUT2D eigenvalue weighted by atomic mass is 10.1. The molecule has 1 aliphatic heterocycles. The van der Waals surface area contributed by atoms with E-state index < -0.39 is 0 Å². The van der Waals surface area contributed by atoms with Crippen LogP contribution >= 0.6 is 22.9 Å². The van der Waals surface area contributed by atoms with E-state index in [4.69, 9.17) is 21.3 Å². The number of amides is 1. The molecule has 6 nitrogen and oxygen atoms in total. The third kappa shape index (κ3) is 3.67. The van der Waals surface area contributed by atoms with Crippen LogP contribution in [0.1, 0.15) is 33.8 Å². The molecule has 0 saturated carbocycles. The van der Waals surface area contributed by atoms with E-state index in [-0.39, 0.29) is 11.9 Å². The summed E-state index contributed by atoms with van der Waals surface area (Å²) in [6.07, 6.45) is 0.655. The molecule has 1 unspecified atom stereocenters. The van der Waals surface area contributed by atoms with Gasteiger partial charge in [0.2, 0.25) is 0 Å². The van der Waals surface area contributed by atoms with Crippen molar-refractivity contribution in [2.24, 2.45) is 0 Å². The number of halogens is 1. The molecular formula is C24H21ClN4O2S. The zero-order valence-electron chi connectivity index (χ0n) is 17.7. The number of nitrogens with zero attached hydrogens (tertiary/aromatic N) is 3. The van der Waals surface area contributed by atoms with E-state index in [2.05, 4.69) is 16.5 Å². The highest BCUT2D eigenvalue weighted by Crippen LogP contribution is 2.38. The van der Waals surface area contributed by atoms with Crippen LogP contribution in [0.2, 0.25) is 5.02 Å². The number of hydrogen-bond acceptors (Lipinski definition) is 5. The number of hydrogen-bond donors (Lipinski definition) is 1. The molecule has 0 bridgehead atoms. The van der Waals surface area contributed by atoms with Gasteiger partial charge in [0, 0.05) is 17.6 Å². The zero-order chi connectivity index (χ0) is 22.4. The summed E-state index contributed by atoms with van der Waals surface area (Å²) in [5.41, 5.74) is 4.06. The molecule has 3 heterocycles. The molecule has 162 valence electrons. The van der Waals surface area contributed by atoms with Gasteiger partial charge in [-0.1, -0.05) is 35.9 Å². The van der Waals surface area contributed by atoms with Crippen molar-refractivity contribution in [1.29, 1.82) is 0 Å². The van der Waals surface area contributed by atoms with Crippen molar-refractivity contribution in [3.8, 4) is 16.2 Å². The molecule has 2 aromatic carbocycles. The molecule has 1 atom stereocenters. The average Bonchev–Trinajstić information content (AvgIpc) is 3.49. The maximum Gasteiger partial charge on any atom is 0.274 e. The highest BCUT2D eigenvalue weighted by molar-refractivity contribution is 7.15. The van der Waals surface area contributed by atoms with Gasteiger partial charge in [-0.25, -0.2) is 9.97 Å². The van der Waals surface area contributed by atoms with E-state index in [1.165, 1.54) is 11.3 Å². The second-order valence-corrected chi connectivity index (χ2v) is 9.47. The number of carbonyl (C=O) groups excluding carboxylic acids is 1. The number of rotatable bonds is 4. The lowest BCUT2D eigenvalue weighted by Gasteiger charge is -2.22. The smallest absolute Gasteiger partial charge is 0.274 e. The molecule has 1 saturated heterocycles. The van der Waals surface area contributed by atoms with E-state index in [1.807, 2.05) is 54.3 Å². The van der Waals surface area contributed by atoms with E-state index in [0.29, 0.717) is 23.7 Å². The molecule has 1 fully saturated rings. The van der Waals surface area contributed by atoms with Crippen molar-refractivity contribution < 1.29 is 9.53 Å². The van der Waals surface area contributed by atoms with Gasteiger partial charge in [0.05, 0.1) is 34.1 Å². The third-order valence-corrected chi connectivity index (χ3v) is 6.85. The van der Waals surface area contributed by atoms with Gasteiger partial charge >= 0.3 is 0 Å². The molecule has 4 aromatic rings. The number of methoxy groups -OCH3 is 1. The topological polar surface area (TPSA) is 71.1 Å². The lowest BCUT2D eigenvalue weighted by Crippen LogP contribution is -2.31. The Balaban J connectivity index is 1.52. The molecule has 0 spiro atoms. The molecule has 32 heavy (non-hydrogen) atoms. The highest BCUT2D eigenvalue weighted by Gasteiger charge is 2.36. The molecule has 1 N–H and O–H groups in total. The van der Waals surface area contributed by atoms with E-state index in [0.717, 1.165) is 43.6 Å². The third-order valence-electron chi connectivity index (χ3n) is 5.58. The van der Waals surface area contributed by atoms with Crippen LogP contribution in [-0.4, -0.2) is 39.4 Å². The normalized spacial score (nSPS) is 16.2. The van der Waals surface area contributed by atoms with Gasteiger partial charge in [0.25, 0.3) is 5.91 Å². The summed E-state index contributed by atoms with van der Waals surface area (Å²) in [5, 5.41) is 1.49. The van der Waals surface area contributed by atoms with Gasteiger partial charge in [0.1, 0.15) is 17.3 Å². The van der Waals surface area contributed by atoms with Crippen LogP contribution < -0.4 is 4.74 Å². The first-order chi connectivity index (χ1) is 15.4. The van der Waals surface area contributed by atoms with Crippen molar-refractivity contribution in [3.63, 3.8) is 0 Å². The predicted octanol–water partition coefficient (Wildman–Crippen LogP) is 5.80. The quantitative estimate of drug-likeness (QED) is 0.387. The standard InChI is InChI=1S/C24H21ClN4O2S/c1-13-10-20(23-27-18-9-8-17(31-3)11-19(18)28-23)29(12-13)24(30)21-22(32-14(2)26-21)15-4-6-16(25)7-5-15/h4-9,11,20H,1,10,12H2,2-3H3,(H,27,28). The lowest BCUT2D eigenvalue weighted by molar-refractivity contribution is 0.0728. The Morgan fingerprint density at radius 3 is 2.78 bits per heavy atom. The minimum absolute atomic E-state index is 0.124. The van der Waals surface area contributed by atoms with Gasteiger partial charge < -0.3 is 14.6 Å². The average molecular weight is 465 g/mol. The summed E-state index contributed by atoms with van der Waals surface area (Å²) in [6.45, 7) is 6.53. The maximum absolute atomic E-state index is 13.7. The number of nitrogens with one attached hydrogen (secondary N) is 1. The maximum atomic E-state index is 13.7. The van der Waals surface area contributed by atoms with Crippen molar-refractivity contribution in [2.45, 2.75) is 19.4 Å². The summed E-state index contributed by atoms with van der Waals surface area (Å²) in [7, 11) is 1.63. The number of fused-ring (bicyclic) bond motifs is 1. The van der Waals surface area contributed by atoms with Crippen LogP contribution in [0, 0.1) is 6.92 Å². The fraction of sp³-hybridized carbons (Fsp3) is 0.208. The number of aryl methyl sites for hydroxylation is 1. The number of aromatic nitrogens is 3. The Morgan fingerprint density at radius 1 is 1.25 bits per heavy atom. The minimum Gasteiger partial charge on any atom is -0.497 e. The molecule has 0 aliphatic carbocycles. The van der Waals surface area contributed by atoms with Crippen LogP contribution in [0.5, 0.6) is 5.75 Å². The fourth-order valence-electron chi connectivity index (χ4n) is 4.05. The first kappa shape index (κ1) is 20.7. The summed E-state index contributed by atoms with van der Waals surface area (Å²) in [6, 6.07) is 13.0. The second kappa shape index (κ2) is 8.07. The first-order valence-electron chi connectivity index (χ1n) is 10.2. The molecule has 1 amide bonds. The molecule has 8 heteroatoms. The van der Waals surface area contributed by atoms with Crippen LogP contribution in [0.25, 0.3) is 21.5 Å². The van der Waals surface area contributed by atoms with Crippen LogP contribution in [0.15, 0.2) is 54.6 Å². The summed E-state index contributed by atoms with van der Waals surface area (Å²) < 4.78 is 5.31. The number of imidazole rings is 1. The van der Waals surface area contributed by atoms with Gasteiger partial charge in [-0.3, -0.25) is 4.79 Å². The van der Waals surface area contributed by atoms with Gasteiger partial charge in [-0.15, -0.1) is 11.3 Å². The molecule has 1 aliphatic rings. The Bertz CT molecular complexity index is 1340. The molecular weight excluding hydrogens is 444 g/mol. The Labute approximate surface area is 194 Å². The van der Waals surface area contributed by atoms with Crippen LogP contribution in [0.4, 0.5) is 0 Å². The number of thiazole rings is 1. The van der Waals surface area contributed by atoms with Crippen LogP contribution in [0.3, 0.4) is 0 Å². The predicted molar refractivity (Wildman–Crippen MR) is 127 cm³/mol. The Hall–Kier alpha value is -3.16. The minimum atomic E-state index is -0.228. The van der Waals surface area contributed by atoms with Crippen molar-refractivity contribution in [2.75, 3.05) is 13.7 Å². The SMILES string of the molecule is C=C1CC(c2nc3cc(OC)ccc3[nH]2)N(C(=O)c2nc(C)sc2-c2ccc(Cl)cc2)C1. The summed E-state index contributed by atoms with van der Waals surface area (Å²) in [5.74, 6) is 1.35. The van der Waals surface area contributed by atoms with Gasteiger partial charge in [0.15, 0.2) is 0 Å². The number of benzene rings is 2. The van der Waals surface area contributed by atoms with Crippen LogP contribution in [-0.2, 0) is 0 Å². The largest absolute Gasteiger partial charge is 0.497 e. The highest BCUT2D eigenvalue weighted by atomic mass is 35.5. The van der Waals surface area contributed by atoms with Crippen molar-refractivity contribution in [3.05, 3.63) is 76.2 Å². The van der Waals surface area contributed by atoms with Gasteiger partial charge in [-0.2, -0.15) is 0 Å². The van der Waals surface area contributed by atoms with Crippen molar-refractivity contribution in [1.82, 2.24) is 19.9 Å². The van der Waals surface area contributed by atoms with E-state index >= 15 is 0 Å². The van der Waals surface area contributed by atoms with E-state index in [9.17, 15) is 4.79 Å². The number of ether oxygens (including phenoxy) is 1. The molecule has 5 rings (SSSR count). The Kier molecular flexibility index (Phi) is 5.23. The first-order valence-corrected chi connectivity index (χ1v) is 11.4. The number of carbonyl (C=O) groups is 1. The number of aromatic amines is 1. The Morgan fingerprint density at radius 2 is 2.03 bits per heavy atom. The van der Waals surface area contributed by atoms with Crippen molar-refractivity contribution >= 4 is 39.9 Å². The fourth-order valence-corrected chi connectivity index (χ4v) is 5.09. The second-order valence-electron chi connectivity index (χ2n) is 7.83. The number of H-pyrrole nitrogens is 1. The molecule has 0 radical (unpaired) electrons. The van der Waals surface area contributed by atoms with Gasteiger partial charge in [-0.05, 0) is 43.2 Å². The molecule has 2 aromatic heterocycles.